The van der Waals surface area contributed by atoms with E-state index in [2.05, 4.69) is 20.3 Å². The van der Waals surface area contributed by atoms with Gasteiger partial charge in [-0.15, -0.1) is 10.2 Å². The summed E-state index contributed by atoms with van der Waals surface area (Å²) in [5.74, 6) is 0.430. The van der Waals surface area contributed by atoms with Crippen LogP contribution in [-0.4, -0.2) is 37.7 Å². The SMILES string of the molecule is CCCN(Cc1nnc(-c2ccccc2Cl)o1)C(=O)c1cc(-c2ccccc2)nc2onc(C)c12. The zero-order valence-electron chi connectivity index (χ0n) is 19.2. The summed E-state index contributed by atoms with van der Waals surface area (Å²) in [4.78, 5) is 20.1. The fourth-order valence-corrected chi connectivity index (χ4v) is 4.15. The zero-order chi connectivity index (χ0) is 24.4. The second kappa shape index (κ2) is 9.68. The lowest BCUT2D eigenvalue weighted by Crippen LogP contribution is -2.31. The van der Waals surface area contributed by atoms with Crippen LogP contribution in [0.25, 0.3) is 33.8 Å². The molecule has 2 aromatic carbocycles. The van der Waals surface area contributed by atoms with Gasteiger partial charge >= 0.3 is 0 Å². The Morgan fingerprint density at radius 3 is 2.60 bits per heavy atom. The van der Waals surface area contributed by atoms with Crippen molar-refractivity contribution in [1.29, 1.82) is 0 Å². The number of fused-ring (bicyclic) bond motifs is 1. The number of benzene rings is 2. The highest BCUT2D eigenvalue weighted by Crippen LogP contribution is 2.29. The molecule has 0 bridgehead atoms. The first-order valence-electron chi connectivity index (χ1n) is 11.2. The number of hydrogen-bond donors (Lipinski definition) is 0. The number of carbonyl (C=O) groups excluding carboxylic acids is 1. The van der Waals surface area contributed by atoms with Crippen molar-refractivity contribution in [3.05, 3.63) is 82.8 Å². The van der Waals surface area contributed by atoms with Gasteiger partial charge in [-0.1, -0.05) is 66.1 Å². The molecule has 5 rings (SSSR count). The fraction of sp³-hybridized carbons (Fsp3) is 0.192. The zero-order valence-corrected chi connectivity index (χ0v) is 20.0. The van der Waals surface area contributed by atoms with E-state index in [0.29, 0.717) is 57.0 Å². The Bertz CT molecular complexity index is 1500. The molecule has 0 unspecified atom stereocenters. The van der Waals surface area contributed by atoms with E-state index in [1.807, 2.05) is 55.5 Å². The summed E-state index contributed by atoms with van der Waals surface area (Å²) in [7, 11) is 0. The molecule has 0 radical (unpaired) electrons. The van der Waals surface area contributed by atoms with Gasteiger partial charge in [-0.25, -0.2) is 4.98 Å². The average molecular weight is 488 g/mol. The second-order valence-corrected chi connectivity index (χ2v) is 8.48. The summed E-state index contributed by atoms with van der Waals surface area (Å²) in [6.45, 7) is 4.45. The standard InChI is InChI=1S/C26H22ClN5O3/c1-3-13-32(15-22-29-30-24(34-22)18-11-7-8-12-20(18)27)26(33)19-14-21(17-9-5-4-6-10-17)28-25-23(19)16(2)31-35-25/h4-12,14H,3,13,15H2,1-2H3. The Balaban J connectivity index is 1.51. The number of rotatable bonds is 7. The Morgan fingerprint density at radius 1 is 1.06 bits per heavy atom. The number of halogens is 1. The van der Waals surface area contributed by atoms with Gasteiger partial charge in [0.2, 0.25) is 11.8 Å². The van der Waals surface area contributed by atoms with Gasteiger partial charge in [0, 0.05) is 12.1 Å². The predicted octanol–water partition coefficient (Wildman–Crippen LogP) is 5.95. The molecule has 0 fully saturated rings. The van der Waals surface area contributed by atoms with E-state index in [1.165, 1.54) is 0 Å². The molecule has 0 aliphatic rings. The smallest absolute Gasteiger partial charge is 0.259 e. The first-order valence-corrected chi connectivity index (χ1v) is 11.6. The molecule has 9 heteroatoms. The van der Waals surface area contributed by atoms with Gasteiger partial charge in [-0.3, -0.25) is 4.79 Å². The summed E-state index contributed by atoms with van der Waals surface area (Å²) in [5.41, 5.74) is 3.54. The Hall–Kier alpha value is -4.04. The van der Waals surface area contributed by atoms with Crippen molar-refractivity contribution in [2.75, 3.05) is 6.54 Å². The lowest BCUT2D eigenvalue weighted by Gasteiger charge is -2.21. The number of aryl methyl sites for hydroxylation is 1. The lowest BCUT2D eigenvalue weighted by atomic mass is 10.0. The number of carbonyl (C=O) groups is 1. The van der Waals surface area contributed by atoms with E-state index < -0.39 is 0 Å². The van der Waals surface area contributed by atoms with Crippen LogP contribution in [-0.2, 0) is 6.54 Å². The van der Waals surface area contributed by atoms with Crippen molar-refractivity contribution in [3.63, 3.8) is 0 Å². The lowest BCUT2D eigenvalue weighted by molar-refractivity contribution is 0.0730. The minimum Gasteiger partial charge on any atom is -0.419 e. The van der Waals surface area contributed by atoms with E-state index in [0.717, 1.165) is 12.0 Å². The fourth-order valence-electron chi connectivity index (χ4n) is 3.94. The van der Waals surface area contributed by atoms with Gasteiger partial charge < -0.3 is 13.8 Å². The van der Waals surface area contributed by atoms with Crippen molar-refractivity contribution in [3.8, 4) is 22.7 Å². The van der Waals surface area contributed by atoms with Crippen molar-refractivity contribution < 1.29 is 13.7 Å². The van der Waals surface area contributed by atoms with Crippen LogP contribution in [0.2, 0.25) is 5.02 Å². The van der Waals surface area contributed by atoms with Crippen LogP contribution in [0.15, 0.2) is 69.6 Å². The van der Waals surface area contributed by atoms with E-state index in [-0.39, 0.29) is 12.5 Å². The maximum atomic E-state index is 13.8. The van der Waals surface area contributed by atoms with Crippen LogP contribution in [0.4, 0.5) is 0 Å². The number of amides is 1. The number of aromatic nitrogens is 4. The van der Waals surface area contributed by atoms with E-state index >= 15 is 0 Å². The highest BCUT2D eigenvalue weighted by atomic mass is 35.5. The summed E-state index contributed by atoms with van der Waals surface area (Å²) < 4.78 is 11.3. The van der Waals surface area contributed by atoms with Gasteiger partial charge in [-0.2, -0.15) is 0 Å². The molecule has 1 amide bonds. The number of pyridine rings is 1. The maximum absolute atomic E-state index is 13.8. The molecule has 8 nitrogen and oxygen atoms in total. The van der Waals surface area contributed by atoms with Crippen molar-refractivity contribution in [1.82, 2.24) is 25.2 Å². The topological polar surface area (TPSA) is 98.2 Å². The summed E-state index contributed by atoms with van der Waals surface area (Å²) >= 11 is 6.27. The third-order valence-electron chi connectivity index (χ3n) is 5.60. The average Bonchev–Trinajstić information content (AvgIpc) is 3.50. The van der Waals surface area contributed by atoms with E-state index in [1.54, 1.807) is 24.0 Å². The van der Waals surface area contributed by atoms with Gasteiger partial charge in [0.05, 0.1) is 39.5 Å². The molecule has 0 aliphatic carbocycles. The minimum atomic E-state index is -0.194. The normalized spacial score (nSPS) is 11.2. The monoisotopic (exact) mass is 487 g/mol. The van der Waals surface area contributed by atoms with E-state index in [4.69, 9.17) is 20.5 Å². The molecule has 3 heterocycles. The molecule has 0 atom stereocenters. The molecule has 0 saturated carbocycles. The molecule has 0 aliphatic heterocycles. The molecule has 35 heavy (non-hydrogen) atoms. The van der Waals surface area contributed by atoms with Gasteiger partial charge in [0.25, 0.3) is 11.6 Å². The van der Waals surface area contributed by atoms with Crippen LogP contribution in [0.3, 0.4) is 0 Å². The molecular formula is C26H22ClN5O3. The first-order chi connectivity index (χ1) is 17.0. The number of hydrogen-bond acceptors (Lipinski definition) is 7. The third-order valence-corrected chi connectivity index (χ3v) is 5.92. The minimum absolute atomic E-state index is 0.152. The van der Waals surface area contributed by atoms with Crippen LogP contribution in [0, 0.1) is 6.92 Å². The largest absolute Gasteiger partial charge is 0.419 e. The second-order valence-electron chi connectivity index (χ2n) is 8.08. The highest BCUT2D eigenvalue weighted by molar-refractivity contribution is 6.33. The molecule has 3 aromatic heterocycles. The molecular weight excluding hydrogens is 466 g/mol. The molecule has 0 saturated heterocycles. The van der Waals surface area contributed by atoms with Crippen LogP contribution < -0.4 is 0 Å². The molecule has 0 N–H and O–H groups in total. The first kappa shape index (κ1) is 22.7. The summed E-state index contributed by atoms with van der Waals surface area (Å²) in [6.07, 6.45) is 0.750. The molecule has 0 spiro atoms. The van der Waals surface area contributed by atoms with Gasteiger partial charge in [0.1, 0.15) is 0 Å². The maximum Gasteiger partial charge on any atom is 0.259 e. The van der Waals surface area contributed by atoms with Crippen LogP contribution in [0.1, 0.15) is 35.3 Å². The van der Waals surface area contributed by atoms with Gasteiger partial charge in [-0.05, 0) is 31.5 Å². The van der Waals surface area contributed by atoms with Crippen LogP contribution >= 0.6 is 11.6 Å². The summed E-state index contributed by atoms with van der Waals surface area (Å²) in [6, 6.07) is 18.7. The Kier molecular flexibility index (Phi) is 6.29. The third kappa shape index (κ3) is 4.52. The van der Waals surface area contributed by atoms with Crippen LogP contribution in [0.5, 0.6) is 0 Å². The molecule has 176 valence electrons. The quantitative estimate of drug-likeness (QED) is 0.279. The number of nitrogens with zero attached hydrogens (tertiary/aromatic N) is 5. The Morgan fingerprint density at radius 2 is 1.83 bits per heavy atom. The molecule has 5 aromatic rings. The van der Waals surface area contributed by atoms with Crippen molar-refractivity contribution >= 4 is 28.6 Å². The van der Waals surface area contributed by atoms with Crippen molar-refractivity contribution in [2.45, 2.75) is 26.8 Å². The highest BCUT2D eigenvalue weighted by Gasteiger charge is 2.25. The van der Waals surface area contributed by atoms with Crippen molar-refractivity contribution in [2.24, 2.45) is 0 Å². The predicted molar refractivity (Wildman–Crippen MR) is 132 cm³/mol. The summed E-state index contributed by atoms with van der Waals surface area (Å²) in [5, 5.41) is 13.4. The van der Waals surface area contributed by atoms with E-state index in [9.17, 15) is 4.79 Å². The van der Waals surface area contributed by atoms with Gasteiger partial charge in [0.15, 0.2) is 0 Å². The Labute approximate surface area is 206 Å².